The van der Waals surface area contributed by atoms with E-state index in [9.17, 15) is 17.2 Å². The summed E-state index contributed by atoms with van der Waals surface area (Å²) in [5.74, 6) is -1.92. The second-order valence-corrected chi connectivity index (χ2v) is 7.15. The number of benzene rings is 1. The summed E-state index contributed by atoms with van der Waals surface area (Å²) in [6.07, 6.45) is 1.48. The molecule has 1 atom stereocenters. The third-order valence-electron chi connectivity index (χ3n) is 2.93. The van der Waals surface area contributed by atoms with Crippen molar-refractivity contribution in [3.8, 4) is 0 Å². The molecule has 0 saturated carbocycles. The zero-order valence-corrected chi connectivity index (χ0v) is 13.4. The van der Waals surface area contributed by atoms with Crippen LogP contribution in [0.25, 0.3) is 0 Å². The van der Waals surface area contributed by atoms with Gasteiger partial charge in [0.15, 0.2) is 0 Å². The quantitative estimate of drug-likeness (QED) is 0.809. The SMILES string of the molecule is CCCC(C)N(C)S(=O)(=O)c1c(F)cc(F)cc1Br. The van der Waals surface area contributed by atoms with Crippen LogP contribution in [0.1, 0.15) is 26.7 Å². The van der Waals surface area contributed by atoms with Gasteiger partial charge in [-0.15, -0.1) is 0 Å². The van der Waals surface area contributed by atoms with E-state index in [0.29, 0.717) is 12.5 Å². The van der Waals surface area contributed by atoms with Crippen LogP contribution in [0.2, 0.25) is 0 Å². The first-order valence-electron chi connectivity index (χ1n) is 5.84. The maximum absolute atomic E-state index is 13.7. The van der Waals surface area contributed by atoms with Crippen molar-refractivity contribution >= 4 is 26.0 Å². The number of hydrogen-bond acceptors (Lipinski definition) is 2. The van der Waals surface area contributed by atoms with Crippen molar-refractivity contribution in [2.45, 2.75) is 37.6 Å². The maximum Gasteiger partial charge on any atom is 0.247 e. The van der Waals surface area contributed by atoms with Crippen LogP contribution in [-0.4, -0.2) is 25.8 Å². The second-order valence-electron chi connectivity index (χ2n) is 4.36. The number of sulfonamides is 1. The summed E-state index contributed by atoms with van der Waals surface area (Å²) in [5.41, 5.74) is 0. The fourth-order valence-corrected chi connectivity index (χ4v) is 4.26. The van der Waals surface area contributed by atoms with Gasteiger partial charge >= 0.3 is 0 Å². The van der Waals surface area contributed by atoms with E-state index in [1.54, 1.807) is 6.92 Å². The summed E-state index contributed by atoms with van der Waals surface area (Å²) < 4.78 is 52.4. The van der Waals surface area contributed by atoms with E-state index < -0.39 is 26.6 Å². The lowest BCUT2D eigenvalue weighted by Gasteiger charge is -2.24. The Bertz CT molecular complexity index is 540. The van der Waals surface area contributed by atoms with E-state index in [0.717, 1.165) is 16.8 Å². The van der Waals surface area contributed by atoms with E-state index in [1.165, 1.54) is 7.05 Å². The van der Waals surface area contributed by atoms with Crippen molar-refractivity contribution in [3.63, 3.8) is 0 Å². The highest BCUT2D eigenvalue weighted by Crippen LogP contribution is 2.29. The monoisotopic (exact) mass is 355 g/mol. The average Bonchev–Trinajstić information content (AvgIpc) is 2.26. The summed E-state index contributed by atoms with van der Waals surface area (Å²) in [7, 11) is -2.60. The van der Waals surface area contributed by atoms with Gasteiger partial charge in [0.25, 0.3) is 0 Å². The number of hydrogen-bond donors (Lipinski definition) is 0. The van der Waals surface area contributed by atoms with Crippen molar-refractivity contribution in [3.05, 3.63) is 28.2 Å². The van der Waals surface area contributed by atoms with Gasteiger partial charge in [-0.2, -0.15) is 4.31 Å². The Hall–Kier alpha value is -0.530. The van der Waals surface area contributed by atoms with E-state index >= 15 is 0 Å². The van der Waals surface area contributed by atoms with Gasteiger partial charge in [-0.1, -0.05) is 13.3 Å². The van der Waals surface area contributed by atoms with Gasteiger partial charge in [0.1, 0.15) is 16.5 Å². The van der Waals surface area contributed by atoms with Crippen LogP contribution in [0.3, 0.4) is 0 Å². The molecule has 0 heterocycles. The average molecular weight is 356 g/mol. The molecule has 3 nitrogen and oxygen atoms in total. The molecule has 0 spiro atoms. The van der Waals surface area contributed by atoms with Gasteiger partial charge in [-0.25, -0.2) is 17.2 Å². The van der Waals surface area contributed by atoms with E-state index in [-0.39, 0.29) is 10.5 Å². The minimum Gasteiger partial charge on any atom is -0.207 e. The lowest BCUT2D eigenvalue weighted by Crippen LogP contribution is -2.35. The Balaban J connectivity index is 3.28. The molecular formula is C12H16BrF2NO2S. The first-order chi connectivity index (χ1) is 8.71. The summed E-state index contributed by atoms with van der Waals surface area (Å²) in [5, 5.41) is 0. The Labute approximate surface area is 120 Å². The Kier molecular flexibility index (Phi) is 5.46. The highest BCUT2D eigenvalue weighted by Gasteiger charge is 2.30. The van der Waals surface area contributed by atoms with Crippen molar-refractivity contribution in [1.29, 1.82) is 0 Å². The molecule has 0 bridgehead atoms. The van der Waals surface area contributed by atoms with Crippen LogP contribution in [0.15, 0.2) is 21.5 Å². The molecule has 0 saturated heterocycles. The van der Waals surface area contributed by atoms with Gasteiger partial charge < -0.3 is 0 Å². The van der Waals surface area contributed by atoms with Crippen LogP contribution in [0.5, 0.6) is 0 Å². The maximum atomic E-state index is 13.7. The molecule has 0 fully saturated rings. The highest BCUT2D eigenvalue weighted by molar-refractivity contribution is 9.10. The topological polar surface area (TPSA) is 37.4 Å². The standard InChI is InChI=1S/C12H16BrF2NO2S/c1-4-5-8(2)16(3)19(17,18)12-10(13)6-9(14)7-11(12)15/h6-8H,4-5H2,1-3H3. The molecule has 1 rings (SSSR count). The zero-order valence-electron chi connectivity index (χ0n) is 11.0. The van der Waals surface area contributed by atoms with Gasteiger partial charge in [-0.3, -0.25) is 0 Å². The van der Waals surface area contributed by atoms with Gasteiger partial charge in [0, 0.05) is 23.6 Å². The summed E-state index contributed by atoms with van der Waals surface area (Å²) >= 11 is 2.90. The smallest absolute Gasteiger partial charge is 0.207 e. The predicted octanol–water partition coefficient (Wildman–Crippen LogP) is 3.54. The van der Waals surface area contributed by atoms with Gasteiger partial charge in [0.2, 0.25) is 10.0 Å². The summed E-state index contributed by atoms with van der Waals surface area (Å²) in [4.78, 5) is -0.528. The predicted molar refractivity (Wildman–Crippen MR) is 73.4 cm³/mol. The molecule has 0 amide bonds. The fourth-order valence-electron chi connectivity index (χ4n) is 1.76. The minimum absolute atomic E-state index is 0.111. The number of rotatable bonds is 5. The summed E-state index contributed by atoms with van der Waals surface area (Å²) in [6.45, 7) is 3.68. The van der Waals surface area contributed by atoms with E-state index in [4.69, 9.17) is 0 Å². The largest absolute Gasteiger partial charge is 0.247 e. The van der Waals surface area contributed by atoms with Crippen LogP contribution in [0.4, 0.5) is 8.78 Å². The third-order valence-corrected chi connectivity index (χ3v) is 5.86. The zero-order chi connectivity index (χ0) is 14.8. The molecule has 0 aliphatic heterocycles. The first kappa shape index (κ1) is 16.5. The first-order valence-corrected chi connectivity index (χ1v) is 8.07. The minimum atomic E-state index is -3.99. The van der Waals surface area contributed by atoms with Crippen LogP contribution in [-0.2, 0) is 10.0 Å². The molecular weight excluding hydrogens is 340 g/mol. The Morgan fingerprint density at radius 2 is 1.95 bits per heavy atom. The van der Waals surface area contributed by atoms with Crippen molar-refractivity contribution < 1.29 is 17.2 Å². The lowest BCUT2D eigenvalue weighted by molar-refractivity contribution is 0.366. The molecule has 1 aromatic carbocycles. The van der Waals surface area contributed by atoms with Gasteiger partial charge in [-0.05, 0) is 35.3 Å². The molecule has 0 radical (unpaired) electrons. The Morgan fingerprint density at radius 1 is 1.37 bits per heavy atom. The molecule has 19 heavy (non-hydrogen) atoms. The van der Waals surface area contributed by atoms with Gasteiger partial charge in [0.05, 0.1) is 0 Å². The third kappa shape index (κ3) is 3.52. The molecule has 1 aromatic rings. The van der Waals surface area contributed by atoms with Crippen LogP contribution < -0.4 is 0 Å². The van der Waals surface area contributed by atoms with Crippen molar-refractivity contribution in [2.75, 3.05) is 7.05 Å². The molecule has 0 aliphatic rings. The molecule has 1 unspecified atom stereocenters. The second kappa shape index (κ2) is 6.28. The Morgan fingerprint density at radius 3 is 2.42 bits per heavy atom. The fraction of sp³-hybridized carbons (Fsp3) is 0.500. The van der Waals surface area contributed by atoms with E-state index in [2.05, 4.69) is 15.9 Å². The number of halogens is 3. The van der Waals surface area contributed by atoms with Crippen LogP contribution >= 0.6 is 15.9 Å². The summed E-state index contributed by atoms with van der Waals surface area (Å²) in [6, 6.07) is 1.25. The molecule has 0 aliphatic carbocycles. The lowest BCUT2D eigenvalue weighted by atomic mass is 10.2. The molecule has 108 valence electrons. The normalized spacial score (nSPS) is 13.8. The molecule has 7 heteroatoms. The molecule has 0 aromatic heterocycles. The van der Waals surface area contributed by atoms with E-state index in [1.807, 2.05) is 6.92 Å². The molecule has 0 N–H and O–H groups in total. The van der Waals surface area contributed by atoms with Crippen molar-refractivity contribution in [2.24, 2.45) is 0 Å². The number of nitrogens with zero attached hydrogens (tertiary/aromatic N) is 1. The van der Waals surface area contributed by atoms with Crippen LogP contribution in [0, 0.1) is 11.6 Å². The highest BCUT2D eigenvalue weighted by atomic mass is 79.9. The van der Waals surface area contributed by atoms with Crippen molar-refractivity contribution in [1.82, 2.24) is 4.31 Å².